The molecular formula is C12H14N2O2. The summed E-state index contributed by atoms with van der Waals surface area (Å²) >= 11 is 0. The standard InChI is InChI=1S/C12H14N2O2/c1-3-16-12(15)11(13)8-9-5-4-6-10(7-9)14-2/h4-7,11H,3,8,13H2,1H3. The third-order valence-corrected chi connectivity index (χ3v) is 2.08. The van der Waals surface area contributed by atoms with Gasteiger partial charge in [0.1, 0.15) is 6.04 Å². The van der Waals surface area contributed by atoms with Crippen molar-refractivity contribution in [2.24, 2.45) is 5.73 Å². The van der Waals surface area contributed by atoms with E-state index in [2.05, 4.69) is 4.85 Å². The second-order valence-corrected chi connectivity index (χ2v) is 3.34. The number of nitrogens with two attached hydrogens (primary N) is 1. The quantitative estimate of drug-likeness (QED) is 0.617. The molecule has 0 radical (unpaired) electrons. The average molecular weight is 218 g/mol. The minimum absolute atomic E-state index is 0.328. The highest BCUT2D eigenvalue weighted by molar-refractivity contribution is 5.75. The van der Waals surface area contributed by atoms with Gasteiger partial charge in [-0.25, -0.2) is 4.85 Å². The van der Waals surface area contributed by atoms with Crippen molar-refractivity contribution in [3.05, 3.63) is 41.2 Å². The van der Waals surface area contributed by atoms with Gasteiger partial charge in [0, 0.05) is 0 Å². The van der Waals surface area contributed by atoms with Crippen LogP contribution >= 0.6 is 0 Å². The van der Waals surface area contributed by atoms with Crippen LogP contribution in [0.3, 0.4) is 0 Å². The smallest absolute Gasteiger partial charge is 0.323 e. The number of carbonyl (C=O) groups is 1. The third-order valence-electron chi connectivity index (χ3n) is 2.08. The first-order chi connectivity index (χ1) is 7.67. The van der Waals surface area contributed by atoms with Gasteiger partial charge in [0.2, 0.25) is 0 Å². The van der Waals surface area contributed by atoms with Crippen LogP contribution in [-0.4, -0.2) is 18.6 Å². The maximum Gasteiger partial charge on any atom is 0.323 e. The fraction of sp³-hybridized carbons (Fsp3) is 0.333. The molecule has 4 heteroatoms. The number of nitrogens with zero attached hydrogens (tertiary/aromatic N) is 1. The fourth-order valence-corrected chi connectivity index (χ4v) is 1.34. The predicted octanol–water partition coefficient (Wildman–Crippen LogP) is 1.67. The Morgan fingerprint density at radius 2 is 2.38 bits per heavy atom. The number of ether oxygens (including phenoxy) is 1. The number of benzene rings is 1. The lowest BCUT2D eigenvalue weighted by Gasteiger charge is -2.10. The number of rotatable bonds is 4. The van der Waals surface area contributed by atoms with Crippen LogP contribution in [0.4, 0.5) is 5.69 Å². The second kappa shape index (κ2) is 5.89. The van der Waals surface area contributed by atoms with Crippen molar-refractivity contribution in [2.75, 3.05) is 6.61 Å². The van der Waals surface area contributed by atoms with Crippen LogP contribution in [0.5, 0.6) is 0 Å². The van der Waals surface area contributed by atoms with E-state index < -0.39 is 12.0 Å². The number of esters is 1. The minimum Gasteiger partial charge on any atom is -0.465 e. The summed E-state index contributed by atoms with van der Waals surface area (Å²) in [5.41, 5.74) is 7.09. The van der Waals surface area contributed by atoms with E-state index in [0.717, 1.165) is 5.56 Å². The zero-order valence-corrected chi connectivity index (χ0v) is 9.14. The van der Waals surface area contributed by atoms with Crippen molar-refractivity contribution in [1.29, 1.82) is 0 Å². The molecule has 0 aromatic heterocycles. The van der Waals surface area contributed by atoms with Crippen molar-refractivity contribution in [1.82, 2.24) is 0 Å². The SMILES string of the molecule is [C-]#[N+]c1cccc(CC(N)C(=O)OCC)c1. The molecule has 0 spiro atoms. The van der Waals surface area contributed by atoms with E-state index in [4.69, 9.17) is 17.0 Å². The monoisotopic (exact) mass is 218 g/mol. The highest BCUT2D eigenvalue weighted by Gasteiger charge is 2.14. The van der Waals surface area contributed by atoms with E-state index in [-0.39, 0.29) is 0 Å². The molecule has 16 heavy (non-hydrogen) atoms. The maximum atomic E-state index is 11.3. The Kier molecular flexibility index (Phi) is 4.49. The molecule has 0 aliphatic rings. The summed E-state index contributed by atoms with van der Waals surface area (Å²) in [6.07, 6.45) is 0.391. The Balaban J connectivity index is 2.66. The molecule has 1 rings (SSSR count). The summed E-state index contributed by atoms with van der Waals surface area (Å²) in [6.45, 7) is 8.94. The molecule has 0 fully saturated rings. The molecule has 2 N–H and O–H groups in total. The van der Waals surface area contributed by atoms with Crippen molar-refractivity contribution in [2.45, 2.75) is 19.4 Å². The van der Waals surface area contributed by atoms with Crippen LogP contribution in [0.15, 0.2) is 24.3 Å². The molecule has 4 nitrogen and oxygen atoms in total. The minimum atomic E-state index is -0.666. The molecule has 1 aromatic rings. The third kappa shape index (κ3) is 3.37. The number of hydrogen-bond acceptors (Lipinski definition) is 3. The van der Waals surface area contributed by atoms with Gasteiger partial charge in [0.05, 0.1) is 13.2 Å². The highest BCUT2D eigenvalue weighted by Crippen LogP contribution is 2.14. The van der Waals surface area contributed by atoms with E-state index in [1.807, 2.05) is 6.07 Å². The molecule has 0 heterocycles. The van der Waals surface area contributed by atoms with Gasteiger partial charge in [-0.15, -0.1) is 0 Å². The Labute approximate surface area is 94.8 Å². The number of hydrogen-bond donors (Lipinski definition) is 1. The van der Waals surface area contributed by atoms with Gasteiger partial charge in [-0.2, -0.15) is 0 Å². The van der Waals surface area contributed by atoms with Gasteiger partial charge in [-0.05, 0) is 13.3 Å². The lowest BCUT2D eigenvalue weighted by molar-refractivity contribution is -0.144. The first-order valence-corrected chi connectivity index (χ1v) is 5.06. The van der Waals surface area contributed by atoms with Crippen LogP contribution in [-0.2, 0) is 16.0 Å². The summed E-state index contributed by atoms with van der Waals surface area (Å²) in [7, 11) is 0. The average Bonchev–Trinajstić information content (AvgIpc) is 2.29. The topological polar surface area (TPSA) is 56.7 Å². The lowest BCUT2D eigenvalue weighted by atomic mass is 10.1. The Morgan fingerprint density at radius 3 is 3.00 bits per heavy atom. The van der Waals surface area contributed by atoms with Crippen molar-refractivity contribution in [3.63, 3.8) is 0 Å². The van der Waals surface area contributed by atoms with Crippen molar-refractivity contribution < 1.29 is 9.53 Å². The predicted molar refractivity (Wildman–Crippen MR) is 61.0 cm³/mol. The first-order valence-electron chi connectivity index (χ1n) is 5.06. The van der Waals surface area contributed by atoms with E-state index in [1.54, 1.807) is 25.1 Å². The molecule has 1 aromatic carbocycles. The van der Waals surface area contributed by atoms with Crippen LogP contribution in [0, 0.1) is 6.57 Å². The van der Waals surface area contributed by atoms with Gasteiger partial charge >= 0.3 is 5.97 Å². The largest absolute Gasteiger partial charge is 0.465 e. The van der Waals surface area contributed by atoms with E-state index >= 15 is 0 Å². The highest BCUT2D eigenvalue weighted by atomic mass is 16.5. The summed E-state index contributed by atoms with van der Waals surface area (Å²) in [5.74, 6) is -0.407. The normalized spacial score (nSPS) is 11.6. The molecule has 84 valence electrons. The van der Waals surface area contributed by atoms with Gasteiger partial charge in [-0.3, -0.25) is 4.79 Å². The van der Waals surface area contributed by atoms with Crippen LogP contribution in [0.25, 0.3) is 4.85 Å². The van der Waals surface area contributed by atoms with Gasteiger partial charge in [0.15, 0.2) is 5.69 Å². The Bertz CT molecular complexity index is 410. The zero-order chi connectivity index (χ0) is 12.0. The molecule has 0 bridgehead atoms. The van der Waals surface area contributed by atoms with Gasteiger partial charge < -0.3 is 10.5 Å². The summed E-state index contributed by atoms with van der Waals surface area (Å²) in [4.78, 5) is 14.6. The van der Waals surface area contributed by atoms with Gasteiger partial charge in [-0.1, -0.05) is 29.8 Å². The van der Waals surface area contributed by atoms with E-state index in [9.17, 15) is 4.79 Å². The summed E-state index contributed by atoms with van der Waals surface area (Å²) in [6, 6.07) is 6.40. The molecular weight excluding hydrogens is 204 g/mol. The van der Waals surface area contributed by atoms with E-state index in [0.29, 0.717) is 18.7 Å². The van der Waals surface area contributed by atoms with Crippen LogP contribution < -0.4 is 5.73 Å². The second-order valence-electron chi connectivity index (χ2n) is 3.34. The first kappa shape index (κ1) is 12.2. The Morgan fingerprint density at radius 1 is 1.62 bits per heavy atom. The van der Waals surface area contributed by atoms with Gasteiger partial charge in [0.25, 0.3) is 0 Å². The van der Waals surface area contributed by atoms with E-state index in [1.165, 1.54) is 0 Å². The molecule has 1 atom stereocenters. The summed E-state index contributed by atoms with van der Waals surface area (Å²) < 4.78 is 4.81. The molecule has 0 aliphatic heterocycles. The van der Waals surface area contributed by atoms with Crippen molar-refractivity contribution >= 4 is 11.7 Å². The maximum absolute atomic E-state index is 11.3. The van der Waals surface area contributed by atoms with Crippen molar-refractivity contribution in [3.8, 4) is 0 Å². The zero-order valence-electron chi connectivity index (χ0n) is 9.14. The molecule has 0 saturated carbocycles. The molecule has 1 unspecified atom stereocenters. The Hall–Kier alpha value is -1.86. The molecule has 0 aliphatic carbocycles. The molecule has 0 amide bonds. The van der Waals surface area contributed by atoms with Crippen LogP contribution in [0.2, 0.25) is 0 Å². The number of carbonyl (C=O) groups excluding carboxylic acids is 1. The van der Waals surface area contributed by atoms with Crippen LogP contribution in [0.1, 0.15) is 12.5 Å². The molecule has 0 saturated heterocycles. The summed E-state index contributed by atoms with van der Waals surface area (Å²) in [5, 5.41) is 0. The fourth-order valence-electron chi connectivity index (χ4n) is 1.34. The lowest BCUT2D eigenvalue weighted by Crippen LogP contribution is -2.34.